The molecule has 1 amide bonds. The van der Waals surface area contributed by atoms with Crippen molar-refractivity contribution >= 4 is 23.4 Å². The van der Waals surface area contributed by atoms with Gasteiger partial charge >= 0.3 is 0 Å². The Balaban J connectivity index is 2.11. The van der Waals surface area contributed by atoms with E-state index in [4.69, 9.17) is 0 Å². The van der Waals surface area contributed by atoms with Gasteiger partial charge in [-0.1, -0.05) is 23.9 Å². The summed E-state index contributed by atoms with van der Waals surface area (Å²) in [5, 5.41) is 12.4. The lowest BCUT2D eigenvalue weighted by atomic mass is 10.1. The predicted octanol–water partition coefficient (Wildman–Crippen LogP) is 4.27. The Morgan fingerprint density at radius 2 is 1.86 bits per heavy atom. The molecule has 0 aromatic heterocycles. The van der Waals surface area contributed by atoms with Crippen LogP contribution in [0.2, 0.25) is 0 Å². The number of phenols is 1. The number of carbonyl (C=O) groups is 1. The number of benzene rings is 2. The first-order valence-electron chi connectivity index (χ1n) is 6.12. The van der Waals surface area contributed by atoms with Crippen LogP contribution in [0.4, 0.5) is 14.5 Å². The van der Waals surface area contributed by atoms with Crippen LogP contribution in [0.1, 0.15) is 15.9 Å². The van der Waals surface area contributed by atoms with Crippen LogP contribution in [-0.4, -0.2) is 16.8 Å². The number of halogens is 2. The monoisotopic (exact) mass is 309 g/mol. The van der Waals surface area contributed by atoms with Gasteiger partial charge in [0.25, 0.3) is 11.7 Å². The Bertz CT molecular complexity index is 645. The van der Waals surface area contributed by atoms with Crippen LogP contribution in [0.25, 0.3) is 0 Å². The van der Waals surface area contributed by atoms with Crippen molar-refractivity contribution in [2.24, 2.45) is 0 Å². The molecule has 2 aromatic carbocycles. The highest BCUT2D eigenvalue weighted by molar-refractivity contribution is 7.99. The molecule has 3 nitrogen and oxygen atoms in total. The van der Waals surface area contributed by atoms with E-state index in [2.05, 4.69) is 5.32 Å². The molecule has 0 fully saturated rings. The minimum atomic E-state index is -2.49. The second-order valence-electron chi connectivity index (χ2n) is 4.33. The van der Waals surface area contributed by atoms with Gasteiger partial charge in [0.15, 0.2) is 0 Å². The molecule has 0 heterocycles. The molecule has 2 rings (SSSR count). The third-order valence-electron chi connectivity index (χ3n) is 2.83. The molecular weight excluding hydrogens is 296 g/mol. The zero-order chi connectivity index (χ0) is 15.4. The van der Waals surface area contributed by atoms with Gasteiger partial charge in [0.2, 0.25) is 0 Å². The molecule has 2 aromatic rings. The highest BCUT2D eigenvalue weighted by Crippen LogP contribution is 2.28. The summed E-state index contributed by atoms with van der Waals surface area (Å²) in [4.78, 5) is 12.4. The molecular formula is C15H13F2NO2S. The summed E-state index contributed by atoms with van der Waals surface area (Å²) >= 11 is 0.422. The lowest BCUT2D eigenvalue weighted by Gasteiger charge is -2.09. The summed E-state index contributed by atoms with van der Waals surface area (Å²) in [7, 11) is 0. The standard InChI is InChI=1S/C15H13F2NO2S/c1-9-3-2-4-12(13(9)19)18-14(20)10-5-7-11(8-6-10)21-15(16)17/h2-8,15,19H,1H3,(H,18,20). The van der Waals surface area contributed by atoms with Crippen molar-refractivity contribution in [2.45, 2.75) is 17.6 Å². The molecule has 21 heavy (non-hydrogen) atoms. The van der Waals surface area contributed by atoms with Crippen LogP contribution in [0.15, 0.2) is 47.4 Å². The van der Waals surface area contributed by atoms with E-state index >= 15 is 0 Å². The first-order chi connectivity index (χ1) is 9.97. The summed E-state index contributed by atoms with van der Waals surface area (Å²) in [6, 6.07) is 10.9. The number of anilines is 1. The van der Waals surface area contributed by atoms with Crippen LogP contribution in [0.3, 0.4) is 0 Å². The van der Waals surface area contributed by atoms with E-state index in [1.807, 2.05) is 0 Å². The SMILES string of the molecule is Cc1cccc(NC(=O)c2ccc(SC(F)F)cc2)c1O. The number of hydrogen-bond acceptors (Lipinski definition) is 3. The summed E-state index contributed by atoms with van der Waals surface area (Å²) in [6.45, 7) is 1.72. The summed E-state index contributed by atoms with van der Waals surface area (Å²) in [5.74, 6) is -2.89. The number of thioether (sulfide) groups is 1. The number of alkyl halides is 2. The molecule has 0 spiro atoms. The number of amides is 1. The maximum Gasteiger partial charge on any atom is 0.288 e. The topological polar surface area (TPSA) is 49.3 Å². The number of carbonyl (C=O) groups excluding carboxylic acids is 1. The highest BCUT2D eigenvalue weighted by Gasteiger charge is 2.11. The van der Waals surface area contributed by atoms with Crippen molar-refractivity contribution in [3.05, 3.63) is 53.6 Å². The fraction of sp³-hybridized carbons (Fsp3) is 0.133. The molecule has 0 aliphatic heterocycles. The Morgan fingerprint density at radius 3 is 2.48 bits per heavy atom. The minimum absolute atomic E-state index is 0.00993. The number of aryl methyl sites for hydroxylation is 1. The Labute approximate surface area is 125 Å². The van der Waals surface area contributed by atoms with Gasteiger partial charge in [0.1, 0.15) is 5.75 Å². The average molecular weight is 309 g/mol. The molecule has 0 radical (unpaired) electrons. The van der Waals surface area contributed by atoms with Gasteiger partial charge in [0, 0.05) is 10.5 Å². The lowest BCUT2D eigenvalue weighted by Crippen LogP contribution is -2.12. The first-order valence-corrected chi connectivity index (χ1v) is 7.00. The van der Waals surface area contributed by atoms with Gasteiger partial charge in [-0.05, 0) is 42.8 Å². The maximum absolute atomic E-state index is 12.2. The van der Waals surface area contributed by atoms with Gasteiger partial charge in [0.05, 0.1) is 5.69 Å². The van der Waals surface area contributed by atoms with E-state index in [1.54, 1.807) is 25.1 Å². The molecule has 0 saturated carbocycles. The number of hydrogen-bond donors (Lipinski definition) is 2. The average Bonchev–Trinajstić information content (AvgIpc) is 2.44. The van der Waals surface area contributed by atoms with Gasteiger partial charge in [-0.25, -0.2) is 0 Å². The van der Waals surface area contributed by atoms with E-state index in [1.165, 1.54) is 24.3 Å². The molecule has 0 atom stereocenters. The van der Waals surface area contributed by atoms with Crippen LogP contribution >= 0.6 is 11.8 Å². The zero-order valence-corrected chi connectivity index (χ0v) is 12.0. The van der Waals surface area contributed by atoms with E-state index in [-0.39, 0.29) is 5.75 Å². The van der Waals surface area contributed by atoms with Crippen LogP contribution in [-0.2, 0) is 0 Å². The molecule has 110 valence electrons. The summed E-state index contributed by atoms with van der Waals surface area (Å²) in [5.41, 5.74) is 1.29. The van der Waals surface area contributed by atoms with Crippen LogP contribution in [0, 0.1) is 6.92 Å². The van der Waals surface area contributed by atoms with Crippen LogP contribution in [0.5, 0.6) is 5.75 Å². The van der Waals surface area contributed by atoms with E-state index in [0.717, 1.165) is 0 Å². The normalized spacial score (nSPS) is 10.7. The molecule has 0 bridgehead atoms. The maximum atomic E-state index is 12.2. The molecule has 6 heteroatoms. The Kier molecular flexibility index (Phi) is 4.80. The van der Waals surface area contributed by atoms with Crippen molar-refractivity contribution in [1.82, 2.24) is 0 Å². The second-order valence-corrected chi connectivity index (χ2v) is 5.39. The third-order valence-corrected chi connectivity index (χ3v) is 3.55. The molecule has 0 unspecified atom stereocenters. The van der Waals surface area contributed by atoms with Gasteiger partial charge in [-0.3, -0.25) is 4.79 Å². The van der Waals surface area contributed by atoms with Gasteiger partial charge < -0.3 is 10.4 Å². The highest BCUT2D eigenvalue weighted by atomic mass is 32.2. The summed E-state index contributed by atoms with van der Waals surface area (Å²) < 4.78 is 24.4. The van der Waals surface area contributed by atoms with Crippen LogP contribution < -0.4 is 5.32 Å². The van der Waals surface area contributed by atoms with E-state index in [0.29, 0.717) is 33.5 Å². The minimum Gasteiger partial charge on any atom is -0.505 e. The smallest absolute Gasteiger partial charge is 0.288 e. The fourth-order valence-corrected chi connectivity index (χ4v) is 2.24. The third kappa shape index (κ3) is 3.95. The summed E-state index contributed by atoms with van der Waals surface area (Å²) in [6.07, 6.45) is 0. The van der Waals surface area contributed by atoms with Crippen molar-refractivity contribution in [3.63, 3.8) is 0 Å². The van der Waals surface area contributed by atoms with Crippen molar-refractivity contribution in [3.8, 4) is 5.75 Å². The molecule has 0 aliphatic carbocycles. The molecule has 2 N–H and O–H groups in total. The fourth-order valence-electron chi connectivity index (χ4n) is 1.74. The largest absolute Gasteiger partial charge is 0.505 e. The number of nitrogens with one attached hydrogen (secondary N) is 1. The van der Waals surface area contributed by atoms with E-state index < -0.39 is 11.7 Å². The quantitative estimate of drug-likeness (QED) is 0.655. The number of para-hydroxylation sites is 1. The first kappa shape index (κ1) is 15.3. The molecule has 0 saturated heterocycles. The number of phenolic OH excluding ortho intramolecular Hbond substituents is 1. The Morgan fingerprint density at radius 1 is 1.19 bits per heavy atom. The Hall–Kier alpha value is -2.08. The van der Waals surface area contributed by atoms with Crippen molar-refractivity contribution in [1.29, 1.82) is 0 Å². The van der Waals surface area contributed by atoms with Gasteiger partial charge in [-0.15, -0.1) is 0 Å². The second kappa shape index (κ2) is 6.58. The number of aromatic hydroxyl groups is 1. The molecule has 0 aliphatic rings. The van der Waals surface area contributed by atoms with Crippen molar-refractivity contribution < 1.29 is 18.7 Å². The van der Waals surface area contributed by atoms with E-state index in [9.17, 15) is 18.7 Å². The lowest BCUT2D eigenvalue weighted by molar-refractivity contribution is 0.102. The predicted molar refractivity (Wildman–Crippen MR) is 79.1 cm³/mol. The zero-order valence-electron chi connectivity index (χ0n) is 11.1. The van der Waals surface area contributed by atoms with Gasteiger partial charge in [-0.2, -0.15) is 8.78 Å². The van der Waals surface area contributed by atoms with Crippen molar-refractivity contribution in [2.75, 3.05) is 5.32 Å². The number of rotatable bonds is 4.